The number of benzene rings is 1. The minimum Gasteiger partial charge on any atom is -0.251 e. The number of halogens is 1. The lowest BCUT2D eigenvalue weighted by Crippen LogP contribution is -2.51. The molecule has 5 rings (SSSR count). The molecular formula is C28H36BrN3. The van der Waals surface area contributed by atoms with Gasteiger partial charge in [-0.1, -0.05) is 91.2 Å². The van der Waals surface area contributed by atoms with Crippen molar-refractivity contribution >= 4 is 15.9 Å². The van der Waals surface area contributed by atoms with Crippen LogP contribution < -0.4 is 0 Å². The number of fused-ring (bicyclic) bond motifs is 3. The molecule has 0 N–H and O–H groups in total. The molecule has 0 spiro atoms. The van der Waals surface area contributed by atoms with Gasteiger partial charge in [0.15, 0.2) is 0 Å². The highest BCUT2D eigenvalue weighted by Gasteiger charge is 2.54. The Balaban J connectivity index is 1.42. The van der Waals surface area contributed by atoms with Gasteiger partial charge in [0.2, 0.25) is 0 Å². The van der Waals surface area contributed by atoms with Crippen molar-refractivity contribution in [3.05, 3.63) is 58.2 Å². The summed E-state index contributed by atoms with van der Waals surface area (Å²) in [6.45, 7) is 10.8. The summed E-state index contributed by atoms with van der Waals surface area (Å²) in [5.74, 6) is 2.09. The van der Waals surface area contributed by atoms with E-state index in [1.54, 1.807) is 11.1 Å². The number of hydrogen-bond donors (Lipinski definition) is 0. The number of nitrogens with zero attached hydrogens (tertiary/aromatic N) is 3. The van der Waals surface area contributed by atoms with Crippen LogP contribution >= 0.6 is 15.9 Å². The van der Waals surface area contributed by atoms with Crippen LogP contribution in [0, 0.1) is 28.6 Å². The quantitative estimate of drug-likeness (QED) is 0.433. The lowest BCUT2D eigenvalue weighted by Gasteiger charge is -2.58. The summed E-state index contributed by atoms with van der Waals surface area (Å²) in [7, 11) is 0. The summed E-state index contributed by atoms with van der Waals surface area (Å²) in [6, 6.07) is 8.27. The second-order valence-corrected chi connectivity index (χ2v) is 12.1. The summed E-state index contributed by atoms with van der Waals surface area (Å²) in [6.07, 6.45) is 15.1. The minimum atomic E-state index is 0.246. The van der Waals surface area contributed by atoms with Crippen LogP contribution in [0.1, 0.15) is 66.2 Å². The number of hydrogen-bond acceptors (Lipinski definition) is 2. The number of allylic oxidation sites excluding steroid dienone is 4. The average molecular weight is 495 g/mol. The van der Waals surface area contributed by atoms with E-state index in [1.807, 2.05) is 6.07 Å². The lowest BCUT2D eigenvalue weighted by molar-refractivity contribution is -0.0588. The Morgan fingerprint density at radius 1 is 1.19 bits per heavy atom. The molecule has 4 atom stereocenters. The first-order chi connectivity index (χ1) is 15.3. The maximum atomic E-state index is 4.57. The molecule has 1 fully saturated rings. The third kappa shape index (κ3) is 3.73. The van der Waals surface area contributed by atoms with Gasteiger partial charge in [-0.15, -0.1) is 5.10 Å². The molecule has 0 saturated heterocycles. The van der Waals surface area contributed by atoms with Crippen LogP contribution in [0.3, 0.4) is 0 Å². The van der Waals surface area contributed by atoms with E-state index in [0.717, 1.165) is 28.2 Å². The highest BCUT2D eigenvalue weighted by molar-refractivity contribution is 9.10. The molecule has 1 heterocycles. The normalized spacial score (nSPS) is 32.2. The van der Waals surface area contributed by atoms with E-state index in [-0.39, 0.29) is 5.41 Å². The molecule has 1 saturated carbocycles. The van der Waals surface area contributed by atoms with Crippen molar-refractivity contribution < 1.29 is 0 Å². The Morgan fingerprint density at radius 3 is 2.78 bits per heavy atom. The van der Waals surface area contributed by atoms with Gasteiger partial charge in [-0.3, -0.25) is 4.68 Å². The molecule has 1 aromatic heterocycles. The van der Waals surface area contributed by atoms with Crippen LogP contribution in [-0.4, -0.2) is 15.0 Å². The fourth-order valence-electron chi connectivity index (χ4n) is 7.20. The van der Waals surface area contributed by atoms with Crippen LogP contribution in [0.5, 0.6) is 0 Å². The third-order valence-corrected chi connectivity index (χ3v) is 9.61. The van der Waals surface area contributed by atoms with E-state index in [1.165, 1.54) is 38.5 Å². The average Bonchev–Trinajstić information content (AvgIpc) is 3.21. The Kier molecular flexibility index (Phi) is 5.72. The summed E-state index contributed by atoms with van der Waals surface area (Å²) < 4.78 is 3.18. The summed E-state index contributed by atoms with van der Waals surface area (Å²) in [5, 5.41) is 9.08. The van der Waals surface area contributed by atoms with Crippen molar-refractivity contribution in [3.8, 4) is 11.3 Å². The maximum Gasteiger partial charge on any atom is 0.114 e. The van der Waals surface area contributed by atoms with E-state index in [2.05, 4.69) is 95.2 Å². The van der Waals surface area contributed by atoms with E-state index >= 15 is 0 Å². The molecule has 2 unspecified atom stereocenters. The first-order valence-electron chi connectivity index (χ1n) is 12.4. The van der Waals surface area contributed by atoms with Crippen LogP contribution in [-0.2, 0) is 6.54 Å². The zero-order valence-electron chi connectivity index (χ0n) is 19.9. The van der Waals surface area contributed by atoms with Crippen molar-refractivity contribution in [3.63, 3.8) is 0 Å². The van der Waals surface area contributed by atoms with Gasteiger partial charge in [-0.05, 0) is 72.3 Å². The monoisotopic (exact) mass is 493 g/mol. The molecule has 170 valence electrons. The highest BCUT2D eigenvalue weighted by atomic mass is 79.9. The zero-order valence-corrected chi connectivity index (χ0v) is 21.5. The Morgan fingerprint density at radius 2 is 2.00 bits per heavy atom. The predicted molar refractivity (Wildman–Crippen MR) is 135 cm³/mol. The van der Waals surface area contributed by atoms with Gasteiger partial charge in [0.1, 0.15) is 5.69 Å². The maximum absolute atomic E-state index is 4.57. The van der Waals surface area contributed by atoms with E-state index in [0.29, 0.717) is 17.3 Å². The highest BCUT2D eigenvalue weighted by Crippen LogP contribution is 2.62. The van der Waals surface area contributed by atoms with Crippen LogP contribution in [0.25, 0.3) is 11.3 Å². The van der Waals surface area contributed by atoms with Crippen molar-refractivity contribution in [2.45, 2.75) is 72.8 Å². The van der Waals surface area contributed by atoms with Gasteiger partial charge in [0, 0.05) is 16.6 Å². The van der Waals surface area contributed by atoms with Crippen molar-refractivity contribution in [2.75, 3.05) is 0 Å². The molecule has 32 heavy (non-hydrogen) atoms. The smallest absolute Gasteiger partial charge is 0.114 e. The van der Waals surface area contributed by atoms with Crippen LogP contribution in [0.2, 0.25) is 0 Å². The molecule has 0 amide bonds. The lowest BCUT2D eigenvalue weighted by atomic mass is 9.47. The topological polar surface area (TPSA) is 30.7 Å². The first kappa shape index (κ1) is 22.1. The van der Waals surface area contributed by atoms with E-state index in [4.69, 9.17) is 0 Å². The molecule has 4 heteroatoms. The predicted octanol–water partition coefficient (Wildman–Crippen LogP) is 7.84. The van der Waals surface area contributed by atoms with Gasteiger partial charge in [0.05, 0.1) is 6.20 Å². The number of aromatic nitrogens is 3. The first-order valence-corrected chi connectivity index (χ1v) is 13.1. The number of rotatable bonds is 4. The second kappa shape index (κ2) is 8.27. The Hall–Kier alpha value is -1.68. The molecule has 3 aliphatic carbocycles. The van der Waals surface area contributed by atoms with Crippen LogP contribution in [0.15, 0.2) is 58.2 Å². The minimum absolute atomic E-state index is 0.246. The fraction of sp³-hybridized carbons (Fsp3) is 0.571. The second-order valence-electron chi connectivity index (χ2n) is 11.3. The molecule has 0 radical (unpaired) electrons. The summed E-state index contributed by atoms with van der Waals surface area (Å²) >= 11 is 3.66. The van der Waals surface area contributed by atoms with Gasteiger partial charge in [0.25, 0.3) is 0 Å². The largest absolute Gasteiger partial charge is 0.251 e. The van der Waals surface area contributed by atoms with Gasteiger partial charge >= 0.3 is 0 Å². The van der Waals surface area contributed by atoms with Crippen molar-refractivity contribution in [2.24, 2.45) is 28.6 Å². The van der Waals surface area contributed by atoms with Gasteiger partial charge < -0.3 is 0 Å². The van der Waals surface area contributed by atoms with Gasteiger partial charge in [-0.2, -0.15) is 0 Å². The molecule has 1 aromatic carbocycles. The standard InChI is InChI=1S/C28H36BrN3/c1-19(2)20-10-12-23-21(16-20)11-13-26-27(3,14-7-15-28(23,26)4)18-32-17-25(30-31-32)22-8-5-6-9-24(22)29/h5-6,8-9,11,16-17,19,23,26H,7,10,12-15,18H2,1-4H3/t23?,26?,27-,28+/m0/s1. The fourth-order valence-corrected chi connectivity index (χ4v) is 7.69. The summed E-state index contributed by atoms with van der Waals surface area (Å²) in [5.41, 5.74) is 5.98. The molecular weight excluding hydrogens is 458 g/mol. The summed E-state index contributed by atoms with van der Waals surface area (Å²) in [4.78, 5) is 0. The SMILES string of the molecule is CC(C)C1=CC2=CCC3[C@](C)(Cn4cc(-c5ccccc5Br)nn4)CCC[C@]3(C)C2CC1. The zero-order chi connectivity index (χ0) is 22.5. The third-order valence-electron chi connectivity index (χ3n) is 8.92. The van der Waals surface area contributed by atoms with E-state index < -0.39 is 0 Å². The molecule has 3 nitrogen and oxygen atoms in total. The van der Waals surface area contributed by atoms with Crippen molar-refractivity contribution in [1.29, 1.82) is 0 Å². The Labute approximate surface area is 201 Å². The molecule has 3 aliphatic rings. The molecule has 2 aromatic rings. The van der Waals surface area contributed by atoms with Crippen LogP contribution in [0.4, 0.5) is 0 Å². The van der Waals surface area contributed by atoms with Crippen molar-refractivity contribution in [1.82, 2.24) is 15.0 Å². The molecule has 0 bridgehead atoms. The van der Waals surface area contributed by atoms with E-state index in [9.17, 15) is 0 Å². The Bertz CT molecular complexity index is 1060. The molecule has 0 aliphatic heterocycles. The van der Waals surface area contributed by atoms with Gasteiger partial charge in [-0.25, -0.2) is 0 Å².